The maximum absolute atomic E-state index is 13.7. The minimum Gasteiger partial charge on any atom is -0.495 e. The Morgan fingerprint density at radius 3 is 2.34 bits per heavy atom. The van der Waals surface area contributed by atoms with E-state index in [1.807, 2.05) is 51.1 Å². The van der Waals surface area contributed by atoms with Gasteiger partial charge in [-0.05, 0) is 61.7 Å². The third kappa shape index (κ3) is 3.76. The monoisotopic (exact) mass is 446 g/mol. The van der Waals surface area contributed by atoms with E-state index in [2.05, 4.69) is 5.32 Å². The fourth-order valence-electron chi connectivity index (χ4n) is 3.91. The van der Waals surface area contributed by atoms with E-state index < -0.39 is 11.8 Å². The molecule has 162 valence electrons. The number of anilines is 2. The molecule has 2 amide bonds. The van der Waals surface area contributed by atoms with Crippen LogP contribution >= 0.6 is 11.6 Å². The van der Waals surface area contributed by atoms with Crippen molar-refractivity contribution in [1.82, 2.24) is 0 Å². The molecule has 0 saturated carbocycles. The van der Waals surface area contributed by atoms with Crippen LogP contribution < -0.4 is 15.0 Å². The zero-order valence-electron chi connectivity index (χ0n) is 18.3. The van der Waals surface area contributed by atoms with Crippen molar-refractivity contribution in [2.45, 2.75) is 20.8 Å². The molecule has 0 saturated heterocycles. The molecule has 0 bridgehead atoms. The van der Waals surface area contributed by atoms with Crippen LogP contribution in [0.2, 0.25) is 5.02 Å². The number of hydrogen-bond donors (Lipinski definition) is 1. The summed E-state index contributed by atoms with van der Waals surface area (Å²) in [5.74, 6) is -0.274. The van der Waals surface area contributed by atoms with Gasteiger partial charge in [-0.2, -0.15) is 0 Å². The number of imide groups is 1. The highest BCUT2D eigenvalue weighted by Gasteiger charge is 2.41. The van der Waals surface area contributed by atoms with Crippen molar-refractivity contribution in [3.05, 3.63) is 93.6 Å². The van der Waals surface area contributed by atoms with Crippen molar-refractivity contribution in [2.24, 2.45) is 0 Å². The second-order valence-electron chi connectivity index (χ2n) is 7.77. The van der Waals surface area contributed by atoms with Gasteiger partial charge in [0.1, 0.15) is 11.4 Å². The summed E-state index contributed by atoms with van der Waals surface area (Å²) in [7, 11) is 1.56. The first kappa shape index (κ1) is 21.7. The summed E-state index contributed by atoms with van der Waals surface area (Å²) in [6.45, 7) is 5.76. The Bertz CT molecular complexity index is 1280. The predicted molar refractivity (Wildman–Crippen MR) is 128 cm³/mol. The number of rotatable bonds is 5. The number of para-hydroxylation sites is 2. The topological polar surface area (TPSA) is 58.6 Å². The van der Waals surface area contributed by atoms with E-state index in [0.717, 1.165) is 16.7 Å². The molecule has 32 heavy (non-hydrogen) atoms. The van der Waals surface area contributed by atoms with Crippen LogP contribution in [0.1, 0.15) is 22.3 Å². The van der Waals surface area contributed by atoms with Gasteiger partial charge in [0.05, 0.1) is 24.1 Å². The van der Waals surface area contributed by atoms with Gasteiger partial charge in [-0.3, -0.25) is 9.59 Å². The molecular weight excluding hydrogens is 424 g/mol. The van der Waals surface area contributed by atoms with Crippen molar-refractivity contribution < 1.29 is 14.3 Å². The molecule has 1 N–H and O–H groups in total. The smallest absolute Gasteiger partial charge is 0.282 e. The molecule has 3 aromatic carbocycles. The molecule has 0 spiro atoms. The first-order valence-corrected chi connectivity index (χ1v) is 10.6. The Kier molecular flexibility index (Phi) is 5.76. The molecule has 1 aliphatic rings. The van der Waals surface area contributed by atoms with Gasteiger partial charge in [0.2, 0.25) is 0 Å². The van der Waals surface area contributed by atoms with Gasteiger partial charge in [-0.1, -0.05) is 53.6 Å². The van der Waals surface area contributed by atoms with Gasteiger partial charge in [0.25, 0.3) is 11.8 Å². The van der Waals surface area contributed by atoms with Crippen LogP contribution in [0.15, 0.2) is 66.4 Å². The highest BCUT2D eigenvalue weighted by Crippen LogP contribution is 2.38. The second-order valence-corrected chi connectivity index (χ2v) is 8.21. The molecule has 0 unspecified atom stereocenters. The van der Waals surface area contributed by atoms with Crippen LogP contribution in [0.3, 0.4) is 0 Å². The normalized spacial score (nSPS) is 13.7. The lowest BCUT2D eigenvalue weighted by atomic mass is 9.97. The average Bonchev–Trinajstić information content (AvgIpc) is 3.00. The number of ether oxygens (including phenoxy) is 1. The van der Waals surface area contributed by atoms with E-state index in [1.165, 1.54) is 4.90 Å². The van der Waals surface area contributed by atoms with Crippen LogP contribution in [0.5, 0.6) is 5.75 Å². The van der Waals surface area contributed by atoms with E-state index in [-0.39, 0.29) is 5.70 Å². The molecule has 5 nitrogen and oxygen atoms in total. The molecule has 1 heterocycles. The van der Waals surface area contributed by atoms with Gasteiger partial charge >= 0.3 is 0 Å². The number of amides is 2. The molecule has 0 fully saturated rings. The standard InChI is InChI=1S/C26H23ClN2O3/c1-15-9-12-19(17(3)13-15)23-24(28-20-7-5-6-8-22(20)32-4)26(31)29(25(23)30)21-14-18(27)11-10-16(21)2/h5-14,28H,1-4H3. The zero-order valence-corrected chi connectivity index (χ0v) is 19.1. The van der Waals surface area contributed by atoms with Crippen molar-refractivity contribution in [3.8, 4) is 5.75 Å². The first-order valence-electron chi connectivity index (χ1n) is 10.2. The Hall–Kier alpha value is -3.57. The lowest BCUT2D eigenvalue weighted by Gasteiger charge is -2.18. The number of benzene rings is 3. The first-order chi connectivity index (χ1) is 15.3. The molecule has 6 heteroatoms. The Morgan fingerprint density at radius 2 is 1.62 bits per heavy atom. The van der Waals surface area contributed by atoms with Crippen molar-refractivity contribution in [1.29, 1.82) is 0 Å². The molecule has 0 aliphatic carbocycles. The van der Waals surface area contributed by atoms with Crippen LogP contribution in [0, 0.1) is 20.8 Å². The number of carbonyl (C=O) groups excluding carboxylic acids is 2. The van der Waals surface area contributed by atoms with Gasteiger partial charge < -0.3 is 10.1 Å². The fourth-order valence-corrected chi connectivity index (χ4v) is 4.08. The summed E-state index contributed by atoms with van der Waals surface area (Å²) in [6.07, 6.45) is 0. The van der Waals surface area contributed by atoms with Crippen LogP contribution in [0.25, 0.3) is 5.57 Å². The number of nitrogens with zero attached hydrogens (tertiary/aromatic N) is 1. The largest absolute Gasteiger partial charge is 0.495 e. The number of aryl methyl sites for hydroxylation is 3. The van der Waals surface area contributed by atoms with Crippen molar-refractivity contribution in [3.63, 3.8) is 0 Å². The highest BCUT2D eigenvalue weighted by molar-refractivity contribution is 6.46. The SMILES string of the molecule is COc1ccccc1NC1=C(c2ccc(C)cc2C)C(=O)N(c2cc(Cl)ccc2C)C1=O. The number of hydrogen-bond acceptors (Lipinski definition) is 4. The zero-order chi connectivity index (χ0) is 23.0. The van der Waals surface area contributed by atoms with Crippen molar-refractivity contribution >= 4 is 40.4 Å². The minimum absolute atomic E-state index is 0.200. The molecule has 4 rings (SSSR count). The summed E-state index contributed by atoms with van der Waals surface area (Å²) >= 11 is 6.20. The number of halogens is 1. The van der Waals surface area contributed by atoms with Gasteiger partial charge in [-0.25, -0.2) is 4.90 Å². The summed E-state index contributed by atoms with van der Waals surface area (Å²) in [4.78, 5) is 28.5. The average molecular weight is 447 g/mol. The Morgan fingerprint density at radius 1 is 0.875 bits per heavy atom. The molecular formula is C26H23ClN2O3. The van der Waals surface area contributed by atoms with Crippen LogP contribution in [-0.2, 0) is 9.59 Å². The lowest BCUT2D eigenvalue weighted by molar-refractivity contribution is -0.120. The summed E-state index contributed by atoms with van der Waals surface area (Å²) in [6, 6.07) is 18.2. The summed E-state index contributed by atoms with van der Waals surface area (Å²) in [5, 5.41) is 3.62. The summed E-state index contributed by atoms with van der Waals surface area (Å²) < 4.78 is 5.43. The molecule has 1 aliphatic heterocycles. The number of methoxy groups -OCH3 is 1. The Labute approximate surface area is 192 Å². The third-order valence-electron chi connectivity index (χ3n) is 5.51. The van der Waals surface area contributed by atoms with Crippen LogP contribution in [0.4, 0.5) is 11.4 Å². The van der Waals surface area contributed by atoms with E-state index in [1.54, 1.807) is 37.4 Å². The third-order valence-corrected chi connectivity index (χ3v) is 5.75. The maximum Gasteiger partial charge on any atom is 0.282 e. The molecule has 3 aromatic rings. The molecule has 0 aromatic heterocycles. The number of carbonyl (C=O) groups is 2. The second kappa shape index (κ2) is 8.52. The summed E-state index contributed by atoms with van der Waals surface area (Å²) in [5.41, 5.74) is 5.03. The Balaban J connectivity index is 1.91. The minimum atomic E-state index is -0.443. The quantitative estimate of drug-likeness (QED) is 0.513. The van der Waals surface area contributed by atoms with Gasteiger partial charge in [0, 0.05) is 5.02 Å². The highest BCUT2D eigenvalue weighted by atomic mass is 35.5. The maximum atomic E-state index is 13.7. The fraction of sp³-hybridized carbons (Fsp3) is 0.154. The number of nitrogens with one attached hydrogen (secondary N) is 1. The predicted octanol–water partition coefficient (Wildman–Crippen LogP) is 5.67. The van der Waals surface area contributed by atoms with E-state index >= 15 is 0 Å². The van der Waals surface area contributed by atoms with E-state index in [4.69, 9.17) is 16.3 Å². The van der Waals surface area contributed by atoms with Crippen molar-refractivity contribution in [2.75, 3.05) is 17.3 Å². The van der Waals surface area contributed by atoms with E-state index in [9.17, 15) is 9.59 Å². The van der Waals surface area contributed by atoms with Gasteiger partial charge in [0.15, 0.2) is 0 Å². The van der Waals surface area contributed by atoms with Crippen LogP contribution in [-0.4, -0.2) is 18.9 Å². The molecule has 0 radical (unpaired) electrons. The lowest BCUT2D eigenvalue weighted by Crippen LogP contribution is -2.33. The van der Waals surface area contributed by atoms with E-state index in [0.29, 0.717) is 33.3 Å². The molecule has 0 atom stereocenters. The van der Waals surface area contributed by atoms with Gasteiger partial charge in [-0.15, -0.1) is 0 Å².